The number of nitrogens with one attached hydrogen (secondary N) is 1. The molecule has 0 aliphatic rings. The van der Waals surface area contributed by atoms with Crippen LogP contribution < -0.4 is 0 Å². The summed E-state index contributed by atoms with van der Waals surface area (Å²) in [5.74, 6) is -0.624. The maximum atomic E-state index is 11.0. The van der Waals surface area contributed by atoms with Gasteiger partial charge in [-0.2, -0.15) is 0 Å². The first kappa shape index (κ1) is 17.1. The third-order valence-corrected chi connectivity index (χ3v) is 3.91. The molecule has 0 radical (unpaired) electrons. The molecule has 0 aliphatic heterocycles. The summed E-state index contributed by atoms with van der Waals surface area (Å²) >= 11 is 0. The van der Waals surface area contributed by atoms with E-state index in [0.29, 0.717) is 5.65 Å². The Morgan fingerprint density at radius 3 is 2.52 bits per heavy atom. The van der Waals surface area contributed by atoms with Crippen LogP contribution in [0.1, 0.15) is 52.9 Å². The van der Waals surface area contributed by atoms with E-state index in [1.54, 1.807) is 12.5 Å². The van der Waals surface area contributed by atoms with E-state index >= 15 is 0 Å². The molecule has 2 heterocycles. The molecule has 2 aromatic rings. The summed E-state index contributed by atoms with van der Waals surface area (Å²) in [4.78, 5) is 25.5. The summed E-state index contributed by atoms with van der Waals surface area (Å²) in [6.45, 7) is 6.03. The Bertz CT molecular complexity index is 519. The van der Waals surface area contributed by atoms with E-state index in [1.165, 1.54) is 6.33 Å². The van der Waals surface area contributed by atoms with Crippen molar-refractivity contribution in [2.24, 2.45) is 5.41 Å². The first-order valence-electron chi connectivity index (χ1n) is 7.42. The van der Waals surface area contributed by atoms with Crippen LogP contribution in [0.15, 0.2) is 18.9 Å². The molecular formula is C15H24N4O2. The largest absolute Gasteiger partial charge is 0.481 e. The molecule has 0 aliphatic carbocycles. The highest BCUT2D eigenvalue weighted by molar-refractivity contribution is 5.74. The number of carboxylic acids is 1. The molecule has 0 atom stereocenters. The SMILES string of the molecule is CCCCC(CC)(CC)C(=O)O.c1ncc2[nH]cnc2n1. The van der Waals surface area contributed by atoms with Crippen LogP contribution in [0.5, 0.6) is 0 Å². The zero-order chi connectivity index (χ0) is 15.7. The predicted octanol–water partition coefficient (Wildman–Crippen LogP) is 3.42. The van der Waals surface area contributed by atoms with Crippen LogP contribution in [0, 0.1) is 5.41 Å². The van der Waals surface area contributed by atoms with Crippen molar-refractivity contribution in [3.63, 3.8) is 0 Å². The molecule has 2 N–H and O–H groups in total. The standard InChI is InChI=1S/C10H20O2.C5H4N4/c1-4-7-8-10(5-2,6-3)9(11)12;1-4-5(8-2-6-1)9-3-7-4/h4-8H2,1-3H3,(H,11,12);1-3H,(H,6,7,8,9). The molecule has 0 saturated carbocycles. The van der Waals surface area contributed by atoms with Gasteiger partial charge in [-0.3, -0.25) is 4.79 Å². The normalized spacial score (nSPS) is 11.0. The van der Waals surface area contributed by atoms with E-state index < -0.39 is 11.4 Å². The average Bonchev–Trinajstić information content (AvgIpc) is 2.98. The molecule has 0 amide bonds. The Morgan fingerprint density at radius 1 is 1.29 bits per heavy atom. The van der Waals surface area contributed by atoms with Gasteiger partial charge in [0.15, 0.2) is 5.65 Å². The number of fused-ring (bicyclic) bond motifs is 1. The minimum atomic E-state index is -0.624. The van der Waals surface area contributed by atoms with Crippen LogP contribution in [0.25, 0.3) is 11.2 Å². The van der Waals surface area contributed by atoms with Crippen molar-refractivity contribution in [2.75, 3.05) is 0 Å². The third-order valence-electron chi connectivity index (χ3n) is 3.91. The van der Waals surface area contributed by atoms with Gasteiger partial charge in [0.25, 0.3) is 0 Å². The van der Waals surface area contributed by atoms with Crippen molar-refractivity contribution in [3.8, 4) is 0 Å². The maximum Gasteiger partial charge on any atom is 0.309 e. The molecule has 0 fully saturated rings. The zero-order valence-electron chi connectivity index (χ0n) is 13.0. The number of H-pyrrole nitrogens is 1. The number of imidazole rings is 1. The van der Waals surface area contributed by atoms with Gasteiger partial charge < -0.3 is 10.1 Å². The molecule has 21 heavy (non-hydrogen) atoms. The first-order valence-corrected chi connectivity index (χ1v) is 7.42. The van der Waals surface area contributed by atoms with Crippen LogP contribution in [0.3, 0.4) is 0 Å². The Labute approximate surface area is 125 Å². The molecule has 2 rings (SSSR count). The molecule has 6 nitrogen and oxygen atoms in total. The van der Waals surface area contributed by atoms with Crippen molar-refractivity contribution in [3.05, 3.63) is 18.9 Å². The van der Waals surface area contributed by atoms with E-state index in [9.17, 15) is 4.79 Å². The minimum Gasteiger partial charge on any atom is -0.481 e. The second kappa shape index (κ2) is 8.34. The highest BCUT2D eigenvalue weighted by atomic mass is 16.4. The first-order chi connectivity index (χ1) is 10.1. The monoisotopic (exact) mass is 292 g/mol. The number of aromatic nitrogens is 4. The van der Waals surface area contributed by atoms with Gasteiger partial charge in [-0.05, 0) is 19.3 Å². The number of aliphatic carboxylic acids is 1. The highest BCUT2D eigenvalue weighted by Crippen LogP contribution is 2.32. The van der Waals surface area contributed by atoms with E-state index in [-0.39, 0.29) is 0 Å². The summed E-state index contributed by atoms with van der Waals surface area (Å²) in [5, 5.41) is 9.05. The summed E-state index contributed by atoms with van der Waals surface area (Å²) in [7, 11) is 0. The molecule has 0 spiro atoms. The smallest absolute Gasteiger partial charge is 0.309 e. The molecule has 0 bridgehead atoms. The van der Waals surface area contributed by atoms with Gasteiger partial charge in [0.05, 0.1) is 17.9 Å². The van der Waals surface area contributed by atoms with Gasteiger partial charge in [0.2, 0.25) is 0 Å². The quantitative estimate of drug-likeness (QED) is 0.851. The van der Waals surface area contributed by atoms with Crippen molar-refractivity contribution < 1.29 is 9.90 Å². The summed E-state index contributed by atoms with van der Waals surface area (Å²) < 4.78 is 0. The third kappa shape index (κ3) is 4.51. The van der Waals surface area contributed by atoms with Crippen molar-refractivity contribution in [2.45, 2.75) is 52.9 Å². The van der Waals surface area contributed by atoms with E-state index in [2.05, 4.69) is 26.9 Å². The lowest BCUT2D eigenvalue weighted by Gasteiger charge is -2.26. The van der Waals surface area contributed by atoms with E-state index in [1.807, 2.05) is 13.8 Å². The number of carbonyl (C=O) groups is 1. The fourth-order valence-corrected chi connectivity index (χ4v) is 2.22. The zero-order valence-corrected chi connectivity index (χ0v) is 13.0. The Hall–Kier alpha value is -1.98. The van der Waals surface area contributed by atoms with Crippen LogP contribution >= 0.6 is 0 Å². The topological polar surface area (TPSA) is 91.8 Å². The minimum absolute atomic E-state index is 0.448. The molecule has 2 aromatic heterocycles. The second-order valence-electron chi connectivity index (χ2n) is 5.06. The molecular weight excluding hydrogens is 268 g/mol. The van der Waals surface area contributed by atoms with Gasteiger partial charge in [0.1, 0.15) is 11.8 Å². The molecule has 0 saturated heterocycles. The number of carboxylic acid groups (broad SMARTS) is 1. The molecule has 0 unspecified atom stereocenters. The number of hydrogen-bond acceptors (Lipinski definition) is 4. The second-order valence-corrected chi connectivity index (χ2v) is 5.06. The van der Waals surface area contributed by atoms with Gasteiger partial charge in [-0.1, -0.05) is 33.6 Å². The number of nitrogens with zero attached hydrogens (tertiary/aromatic N) is 3. The summed E-state index contributed by atoms with van der Waals surface area (Å²) in [5.41, 5.74) is 1.14. The van der Waals surface area contributed by atoms with Crippen LogP contribution in [-0.2, 0) is 4.79 Å². The molecule has 116 valence electrons. The number of aromatic amines is 1. The van der Waals surface area contributed by atoms with Crippen molar-refractivity contribution in [1.29, 1.82) is 0 Å². The summed E-state index contributed by atoms with van der Waals surface area (Å²) in [6, 6.07) is 0. The number of rotatable bonds is 6. The maximum absolute atomic E-state index is 11.0. The Kier molecular flexibility index (Phi) is 6.78. The van der Waals surface area contributed by atoms with Gasteiger partial charge >= 0.3 is 5.97 Å². The van der Waals surface area contributed by atoms with Crippen LogP contribution in [0.2, 0.25) is 0 Å². The van der Waals surface area contributed by atoms with Gasteiger partial charge in [0, 0.05) is 0 Å². The highest BCUT2D eigenvalue weighted by Gasteiger charge is 2.33. The lowest BCUT2D eigenvalue weighted by atomic mass is 9.78. The van der Waals surface area contributed by atoms with Gasteiger partial charge in [-0.15, -0.1) is 0 Å². The van der Waals surface area contributed by atoms with E-state index in [0.717, 1.165) is 37.6 Å². The van der Waals surface area contributed by atoms with E-state index in [4.69, 9.17) is 5.11 Å². The molecule has 0 aromatic carbocycles. The number of unbranched alkanes of at least 4 members (excludes halogenated alkanes) is 1. The molecule has 6 heteroatoms. The predicted molar refractivity (Wildman–Crippen MR) is 81.9 cm³/mol. The van der Waals surface area contributed by atoms with Crippen molar-refractivity contribution in [1.82, 2.24) is 19.9 Å². The van der Waals surface area contributed by atoms with Crippen molar-refractivity contribution >= 4 is 17.1 Å². The Morgan fingerprint density at radius 2 is 2.00 bits per heavy atom. The van der Waals surface area contributed by atoms with Gasteiger partial charge in [-0.25, -0.2) is 15.0 Å². The fraction of sp³-hybridized carbons (Fsp3) is 0.600. The average molecular weight is 292 g/mol. The fourth-order valence-electron chi connectivity index (χ4n) is 2.22. The van der Waals surface area contributed by atoms with Crippen LogP contribution in [-0.4, -0.2) is 31.0 Å². The summed E-state index contributed by atoms with van der Waals surface area (Å²) in [6.07, 6.45) is 9.18. The van der Waals surface area contributed by atoms with Crippen LogP contribution in [0.4, 0.5) is 0 Å². The number of hydrogen-bond donors (Lipinski definition) is 2. The lowest BCUT2D eigenvalue weighted by molar-refractivity contribution is -0.150. The Balaban J connectivity index is 0.000000216. The lowest BCUT2D eigenvalue weighted by Crippen LogP contribution is -2.29.